The fraction of sp³-hybridized carbons (Fsp3) is 0.250. The van der Waals surface area contributed by atoms with Crippen molar-refractivity contribution in [3.05, 3.63) is 48.7 Å². The third-order valence-electron chi connectivity index (χ3n) is 3.71. The number of methoxy groups -OCH3 is 1. The molecule has 6 nitrogen and oxygen atoms in total. The van der Waals surface area contributed by atoms with E-state index in [-0.39, 0.29) is 5.91 Å². The van der Waals surface area contributed by atoms with Gasteiger partial charge in [-0.05, 0) is 18.2 Å². The molecule has 3 rings (SSSR count). The van der Waals surface area contributed by atoms with E-state index in [1.807, 2.05) is 46.6 Å². The molecule has 0 spiro atoms. The van der Waals surface area contributed by atoms with Gasteiger partial charge >= 0.3 is 0 Å². The molecule has 0 bridgehead atoms. The minimum atomic E-state index is -0.0964. The Kier molecular flexibility index (Phi) is 3.82. The maximum Gasteiger partial charge on any atom is 0.267 e. The second-order valence-electron chi connectivity index (χ2n) is 5.04. The Hall–Kier alpha value is -2.76. The summed E-state index contributed by atoms with van der Waals surface area (Å²) in [5.41, 5.74) is 1.59. The second-order valence-corrected chi connectivity index (χ2v) is 5.04. The van der Waals surface area contributed by atoms with Crippen LogP contribution in [0.5, 0.6) is 5.75 Å². The molecule has 0 aliphatic rings. The lowest BCUT2D eigenvalue weighted by Gasteiger charge is -2.07. The Morgan fingerprint density at radius 3 is 3.00 bits per heavy atom. The van der Waals surface area contributed by atoms with Crippen LogP contribution >= 0.6 is 0 Å². The molecule has 0 fully saturated rings. The number of aryl methyl sites for hydroxylation is 1. The summed E-state index contributed by atoms with van der Waals surface area (Å²) < 4.78 is 9.15. The van der Waals surface area contributed by atoms with Crippen LogP contribution in [0.25, 0.3) is 10.9 Å². The van der Waals surface area contributed by atoms with E-state index in [0.717, 1.165) is 16.7 Å². The van der Waals surface area contributed by atoms with Crippen LogP contribution in [0.15, 0.2) is 43.0 Å². The number of fused-ring (bicyclic) bond motifs is 1. The highest BCUT2D eigenvalue weighted by Crippen LogP contribution is 2.27. The summed E-state index contributed by atoms with van der Waals surface area (Å²) in [5.74, 6) is 0.673. The van der Waals surface area contributed by atoms with Crippen molar-refractivity contribution < 1.29 is 9.53 Å². The van der Waals surface area contributed by atoms with E-state index in [4.69, 9.17) is 4.74 Å². The van der Waals surface area contributed by atoms with Crippen LogP contribution in [-0.4, -0.2) is 33.7 Å². The molecule has 0 radical (unpaired) electrons. The molecular weight excluding hydrogens is 280 g/mol. The number of carbonyl (C=O) groups excluding carboxylic acids is 1. The SMILES string of the molecule is COc1cccc2c1cc(C(=O)NCCn1ccnc1)n2C. The molecule has 114 valence electrons. The molecule has 22 heavy (non-hydrogen) atoms. The van der Waals surface area contributed by atoms with Crippen molar-refractivity contribution in [3.63, 3.8) is 0 Å². The highest BCUT2D eigenvalue weighted by atomic mass is 16.5. The van der Waals surface area contributed by atoms with Crippen molar-refractivity contribution in [3.8, 4) is 5.75 Å². The molecule has 0 atom stereocenters. The molecule has 2 aromatic heterocycles. The first kappa shape index (κ1) is 14.2. The number of nitrogens with zero attached hydrogens (tertiary/aromatic N) is 3. The summed E-state index contributed by atoms with van der Waals surface area (Å²) >= 11 is 0. The number of benzene rings is 1. The average Bonchev–Trinajstić information content (AvgIpc) is 3.15. The number of amides is 1. The normalized spacial score (nSPS) is 10.8. The number of hydrogen-bond donors (Lipinski definition) is 1. The fourth-order valence-corrected chi connectivity index (χ4v) is 2.54. The maximum atomic E-state index is 12.4. The van der Waals surface area contributed by atoms with Gasteiger partial charge in [0.15, 0.2) is 0 Å². The van der Waals surface area contributed by atoms with Crippen molar-refractivity contribution in [2.45, 2.75) is 6.54 Å². The molecule has 3 aromatic rings. The van der Waals surface area contributed by atoms with E-state index >= 15 is 0 Å². The monoisotopic (exact) mass is 298 g/mol. The van der Waals surface area contributed by atoms with Gasteiger partial charge in [0.1, 0.15) is 11.4 Å². The van der Waals surface area contributed by atoms with Crippen LogP contribution < -0.4 is 10.1 Å². The molecule has 0 unspecified atom stereocenters. The lowest BCUT2D eigenvalue weighted by atomic mass is 10.2. The fourth-order valence-electron chi connectivity index (χ4n) is 2.54. The molecule has 0 aliphatic heterocycles. The molecule has 0 saturated carbocycles. The number of hydrogen-bond acceptors (Lipinski definition) is 3. The molecule has 1 amide bonds. The number of rotatable bonds is 5. The Balaban J connectivity index is 1.77. The van der Waals surface area contributed by atoms with Crippen LogP contribution in [0.2, 0.25) is 0 Å². The van der Waals surface area contributed by atoms with Gasteiger partial charge in [-0.25, -0.2) is 4.98 Å². The van der Waals surface area contributed by atoms with Crippen LogP contribution in [-0.2, 0) is 13.6 Å². The minimum absolute atomic E-state index is 0.0964. The van der Waals surface area contributed by atoms with Crippen molar-refractivity contribution in [2.24, 2.45) is 7.05 Å². The summed E-state index contributed by atoms with van der Waals surface area (Å²) in [6, 6.07) is 7.64. The van der Waals surface area contributed by atoms with Gasteiger partial charge < -0.3 is 19.2 Å². The zero-order valence-electron chi connectivity index (χ0n) is 12.6. The largest absolute Gasteiger partial charge is 0.496 e. The Labute approximate surface area is 128 Å². The van der Waals surface area contributed by atoms with Crippen molar-refractivity contribution >= 4 is 16.8 Å². The van der Waals surface area contributed by atoms with E-state index in [2.05, 4.69) is 10.3 Å². The summed E-state index contributed by atoms with van der Waals surface area (Å²) in [5, 5.41) is 3.86. The second kappa shape index (κ2) is 5.93. The van der Waals surface area contributed by atoms with E-state index in [1.165, 1.54) is 0 Å². The number of imidazole rings is 1. The summed E-state index contributed by atoms with van der Waals surface area (Å²) in [4.78, 5) is 16.3. The third kappa shape index (κ3) is 2.55. The van der Waals surface area contributed by atoms with E-state index in [1.54, 1.807) is 19.6 Å². The summed E-state index contributed by atoms with van der Waals surface area (Å²) in [7, 11) is 3.51. The first-order valence-electron chi connectivity index (χ1n) is 7.07. The van der Waals surface area contributed by atoms with Gasteiger partial charge in [0, 0.05) is 37.9 Å². The molecule has 0 saturated heterocycles. The molecular formula is C16H18N4O2. The van der Waals surface area contributed by atoms with Crippen LogP contribution in [0.4, 0.5) is 0 Å². The van der Waals surface area contributed by atoms with Gasteiger partial charge in [-0.3, -0.25) is 4.79 Å². The Morgan fingerprint density at radius 2 is 2.27 bits per heavy atom. The molecule has 6 heteroatoms. The van der Waals surface area contributed by atoms with Crippen molar-refractivity contribution in [2.75, 3.05) is 13.7 Å². The summed E-state index contributed by atoms with van der Waals surface area (Å²) in [6.07, 6.45) is 5.32. The van der Waals surface area contributed by atoms with E-state index in [0.29, 0.717) is 18.8 Å². The topological polar surface area (TPSA) is 61.1 Å². The van der Waals surface area contributed by atoms with Crippen LogP contribution in [0.3, 0.4) is 0 Å². The molecule has 2 heterocycles. The quantitative estimate of drug-likeness (QED) is 0.781. The van der Waals surface area contributed by atoms with Crippen LogP contribution in [0, 0.1) is 0 Å². The number of nitrogens with one attached hydrogen (secondary N) is 1. The van der Waals surface area contributed by atoms with E-state index < -0.39 is 0 Å². The first-order chi connectivity index (χ1) is 10.7. The smallest absolute Gasteiger partial charge is 0.267 e. The molecule has 1 aromatic carbocycles. The zero-order valence-corrected chi connectivity index (χ0v) is 12.6. The number of aromatic nitrogens is 3. The number of ether oxygens (including phenoxy) is 1. The van der Waals surface area contributed by atoms with Gasteiger partial charge in [-0.2, -0.15) is 0 Å². The number of carbonyl (C=O) groups is 1. The lowest BCUT2D eigenvalue weighted by molar-refractivity contribution is 0.0944. The van der Waals surface area contributed by atoms with Crippen molar-refractivity contribution in [1.29, 1.82) is 0 Å². The van der Waals surface area contributed by atoms with Crippen molar-refractivity contribution in [1.82, 2.24) is 19.4 Å². The highest BCUT2D eigenvalue weighted by Gasteiger charge is 2.15. The Bertz CT molecular complexity index is 790. The van der Waals surface area contributed by atoms with Gasteiger partial charge in [0.05, 0.1) is 19.0 Å². The maximum absolute atomic E-state index is 12.4. The van der Waals surface area contributed by atoms with Gasteiger partial charge in [-0.1, -0.05) is 6.07 Å². The van der Waals surface area contributed by atoms with Gasteiger partial charge in [0.25, 0.3) is 5.91 Å². The minimum Gasteiger partial charge on any atom is -0.496 e. The van der Waals surface area contributed by atoms with Gasteiger partial charge in [0.2, 0.25) is 0 Å². The average molecular weight is 298 g/mol. The van der Waals surface area contributed by atoms with E-state index in [9.17, 15) is 4.79 Å². The first-order valence-corrected chi connectivity index (χ1v) is 7.07. The third-order valence-corrected chi connectivity index (χ3v) is 3.71. The predicted molar refractivity (Wildman–Crippen MR) is 84.0 cm³/mol. The molecule has 0 aliphatic carbocycles. The van der Waals surface area contributed by atoms with Gasteiger partial charge in [-0.15, -0.1) is 0 Å². The molecule has 1 N–H and O–H groups in total. The highest BCUT2D eigenvalue weighted by molar-refractivity contribution is 6.00. The van der Waals surface area contributed by atoms with Crippen LogP contribution in [0.1, 0.15) is 10.5 Å². The summed E-state index contributed by atoms with van der Waals surface area (Å²) in [6.45, 7) is 1.24. The Morgan fingerprint density at radius 1 is 1.41 bits per heavy atom. The standard InChI is InChI=1S/C16H18N4O2/c1-19-13-4-3-5-15(22-2)12(13)10-14(19)16(21)18-7-9-20-8-6-17-11-20/h3-6,8,10-11H,7,9H2,1-2H3,(H,18,21). The predicted octanol–water partition coefficient (Wildman–Crippen LogP) is 1.81. The lowest BCUT2D eigenvalue weighted by Crippen LogP contribution is -2.28. The zero-order chi connectivity index (χ0) is 15.5.